The van der Waals surface area contributed by atoms with Crippen LogP contribution in [0.1, 0.15) is 25.0 Å². The zero-order chi connectivity index (χ0) is 21.7. The topological polar surface area (TPSA) is 107 Å². The monoisotopic (exact) mass is 440 g/mol. The summed E-state index contributed by atoms with van der Waals surface area (Å²) in [5.74, 6) is 0.390. The Bertz CT molecular complexity index is 1260. The van der Waals surface area contributed by atoms with Crippen molar-refractivity contribution in [3.05, 3.63) is 64.4 Å². The molecule has 0 unspecified atom stereocenters. The van der Waals surface area contributed by atoms with Crippen LogP contribution in [0.2, 0.25) is 0 Å². The van der Waals surface area contributed by atoms with Gasteiger partial charge in [0.25, 0.3) is 0 Å². The molecule has 0 bridgehead atoms. The number of H-pyrrole nitrogens is 1. The molecule has 0 saturated carbocycles. The number of sulfonamides is 1. The first kappa shape index (κ1) is 21.6. The van der Waals surface area contributed by atoms with E-state index in [0.29, 0.717) is 30.0 Å². The van der Waals surface area contributed by atoms with Crippen molar-refractivity contribution in [2.24, 2.45) is 5.10 Å². The van der Waals surface area contributed by atoms with Crippen molar-refractivity contribution < 1.29 is 8.42 Å². The lowest BCUT2D eigenvalue weighted by molar-refractivity contribution is 0.445. The number of rotatable bonds is 7. The van der Waals surface area contributed by atoms with E-state index in [4.69, 9.17) is 17.5 Å². The van der Waals surface area contributed by atoms with Crippen LogP contribution in [0, 0.1) is 16.1 Å². The molecule has 0 aliphatic carbocycles. The van der Waals surface area contributed by atoms with E-state index >= 15 is 0 Å². The molecule has 10 heteroatoms. The highest BCUT2D eigenvalue weighted by Crippen LogP contribution is 2.23. The second-order valence-corrected chi connectivity index (χ2v) is 8.58. The first-order valence-corrected chi connectivity index (χ1v) is 11.1. The quantitative estimate of drug-likeness (QED) is 0.448. The van der Waals surface area contributed by atoms with Crippen LogP contribution in [0.25, 0.3) is 11.4 Å². The average Bonchev–Trinajstić information content (AvgIpc) is 3.13. The summed E-state index contributed by atoms with van der Waals surface area (Å²) >= 11 is 5.27. The summed E-state index contributed by atoms with van der Waals surface area (Å²) in [5.41, 5.74) is 1.90. The van der Waals surface area contributed by atoms with Crippen LogP contribution in [0.5, 0.6) is 0 Å². The maximum atomic E-state index is 12.8. The van der Waals surface area contributed by atoms with Crippen LogP contribution in [0.4, 0.5) is 0 Å². The van der Waals surface area contributed by atoms with Crippen molar-refractivity contribution in [2.45, 2.75) is 18.7 Å². The lowest BCUT2D eigenvalue weighted by atomic mass is 10.2. The van der Waals surface area contributed by atoms with Gasteiger partial charge in [0.2, 0.25) is 14.8 Å². The molecule has 0 radical (unpaired) electrons. The molecular weight excluding hydrogens is 420 g/mol. The number of nitrogens with zero attached hydrogens (tertiary/aromatic N) is 5. The Hall–Kier alpha value is -3.13. The molecule has 0 aliphatic heterocycles. The first-order chi connectivity index (χ1) is 14.4. The summed E-state index contributed by atoms with van der Waals surface area (Å²) in [5, 5.41) is 20.2. The summed E-state index contributed by atoms with van der Waals surface area (Å²) in [6.45, 7) is 4.37. The fourth-order valence-electron chi connectivity index (χ4n) is 2.86. The molecule has 1 heterocycles. The van der Waals surface area contributed by atoms with Gasteiger partial charge in [0.1, 0.15) is 0 Å². The minimum absolute atomic E-state index is 0.181. The van der Waals surface area contributed by atoms with Crippen molar-refractivity contribution in [3.63, 3.8) is 0 Å². The third-order valence-corrected chi connectivity index (χ3v) is 6.76. The summed E-state index contributed by atoms with van der Waals surface area (Å²) in [7, 11) is -3.60. The summed E-state index contributed by atoms with van der Waals surface area (Å²) in [4.78, 5) is 0.181. The summed E-state index contributed by atoms with van der Waals surface area (Å²) < 4.78 is 28.8. The Morgan fingerprint density at radius 3 is 2.57 bits per heavy atom. The predicted octanol–water partition coefficient (Wildman–Crippen LogP) is 3.39. The molecule has 2 aromatic carbocycles. The number of hydrogen-bond donors (Lipinski definition) is 1. The Kier molecular flexibility index (Phi) is 6.56. The van der Waals surface area contributed by atoms with Gasteiger partial charge in [-0.1, -0.05) is 38.1 Å². The third kappa shape index (κ3) is 4.38. The minimum Gasteiger partial charge on any atom is -0.250 e. The molecule has 0 fully saturated rings. The number of nitrogens with one attached hydrogen (secondary N) is 1. The molecule has 3 rings (SSSR count). The second-order valence-electron chi connectivity index (χ2n) is 6.26. The fourth-order valence-corrected chi connectivity index (χ4v) is 4.55. The Morgan fingerprint density at radius 1 is 1.23 bits per heavy atom. The highest BCUT2D eigenvalue weighted by atomic mass is 32.2. The number of benzene rings is 2. The van der Waals surface area contributed by atoms with Gasteiger partial charge in [-0.05, 0) is 42.0 Å². The number of hydrogen-bond acceptors (Lipinski definition) is 6. The molecular formula is C20H20N6O2S2. The lowest BCUT2D eigenvalue weighted by Gasteiger charge is -2.18. The van der Waals surface area contributed by atoms with E-state index in [1.54, 1.807) is 68.6 Å². The lowest BCUT2D eigenvalue weighted by Crippen LogP contribution is -2.30. The molecule has 0 aliphatic rings. The van der Waals surface area contributed by atoms with Gasteiger partial charge in [0.05, 0.1) is 22.7 Å². The Labute approximate surface area is 180 Å². The van der Waals surface area contributed by atoms with Crippen LogP contribution < -0.4 is 0 Å². The Balaban J connectivity index is 1.99. The van der Waals surface area contributed by atoms with Gasteiger partial charge in [0, 0.05) is 18.7 Å². The van der Waals surface area contributed by atoms with Gasteiger partial charge < -0.3 is 0 Å². The van der Waals surface area contributed by atoms with E-state index < -0.39 is 10.0 Å². The normalized spacial score (nSPS) is 11.8. The van der Waals surface area contributed by atoms with Crippen molar-refractivity contribution >= 4 is 28.5 Å². The van der Waals surface area contributed by atoms with Crippen LogP contribution in [-0.4, -0.2) is 46.9 Å². The van der Waals surface area contributed by atoms with Gasteiger partial charge in [-0.2, -0.15) is 24.4 Å². The predicted molar refractivity (Wildman–Crippen MR) is 117 cm³/mol. The molecule has 3 aromatic rings. The molecule has 0 amide bonds. The van der Waals surface area contributed by atoms with Gasteiger partial charge in [0.15, 0.2) is 5.82 Å². The van der Waals surface area contributed by atoms with Gasteiger partial charge >= 0.3 is 0 Å². The average molecular weight is 441 g/mol. The van der Waals surface area contributed by atoms with Crippen molar-refractivity contribution in [1.82, 2.24) is 19.2 Å². The molecule has 1 aromatic heterocycles. The van der Waals surface area contributed by atoms with Crippen molar-refractivity contribution in [2.75, 3.05) is 13.1 Å². The summed E-state index contributed by atoms with van der Waals surface area (Å²) in [6.07, 6.45) is 1.59. The molecule has 0 atom stereocenters. The maximum Gasteiger partial charge on any atom is 0.243 e. The third-order valence-electron chi connectivity index (χ3n) is 4.45. The SMILES string of the molecule is CCN(CC)S(=O)(=O)c1cccc(-c2n[nH]c(=S)n2/N=C/c2ccc(C#N)cc2)c1. The standard InChI is InChI=1S/C20H20N6O2S2/c1-3-25(4-2)30(27,28)18-7-5-6-17(12-18)19-23-24-20(29)26(19)22-14-16-10-8-15(13-21)9-11-16/h5-12,14H,3-4H2,1-2H3,(H,24,29)/b22-14+. The van der Waals surface area contributed by atoms with Gasteiger partial charge in [-0.25, -0.2) is 13.5 Å². The second kappa shape index (κ2) is 9.13. The Morgan fingerprint density at radius 2 is 1.93 bits per heavy atom. The summed E-state index contributed by atoms with van der Waals surface area (Å²) in [6, 6.07) is 15.5. The molecule has 30 heavy (non-hydrogen) atoms. The minimum atomic E-state index is -3.60. The molecule has 154 valence electrons. The van der Waals surface area contributed by atoms with E-state index in [9.17, 15) is 8.42 Å². The zero-order valence-electron chi connectivity index (χ0n) is 16.5. The van der Waals surface area contributed by atoms with Gasteiger partial charge in [-0.15, -0.1) is 0 Å². The molecule has 8 nitrogen and oxygen atoms in total. The van der Waals surface area contributed by atoms with Crippen molar-refractivity contribution in [1.29, 1.82) is 5.26 Å². The smallest absolute Gasteiger partial charge is 0.243 e. The highest BCUT2D eigenvalue weighted by Gasteiger charge is 2.22. The zero-order valence-corrected chi connectivity index (χ0v) is 18.1. The highest BCUT2D eigenvalue weighted by molar-refractivity contribution is 7.89. The molecule has 1 N–H and O–H groups in total. The molecule has 0 saturated heterocycles. The van der Waals surface area contributed by atoms with Gasteiger partial charge in [-0.3, -0.25) is 0 Å². The van der Waals surface area contributed by atoms with E-state index in [-0.39, 0.29) is 9.67 Å². The maximum absolute atomic E-state index is 12.8. The van der Waals surface area contributed by atoms with E-state index in [1.807, 2.05) is 0 Å². The van der Waals surface area contributed by atoms with Crippen LogP contribution in [-0.2, 0) is 10.0 Å². The molecule has 0 spiro atoms. The fraction of sp³-hybridized carbons (Fsp3) is 0.200. The number of aromatic nitrogens is 3. The van der Waals surface area contributed by atoms with E-state index in [2.05, 4.69) is 21.4 Å². The number of nitriles is 1. The van der Waals surface area contributed by atoms with Crippen molar-refractivity contribution in [3.8, 4) is 17.5 Å². The van der Waals surface area contributed by atoms with Crippen LogP contribution in [0.15, 0.2) is 58.5 Å². The van der Waals surface area contributed by atoms with E-state index in [1.165, 1.54) is 8.98 Å². The van der Waals surface area contributed by atoms with Crippen LogP contribution >= 0.6 is 12.2 Å². The number of aromatic amines is 1. The van der Waals surface area contributed by atoms with E-state index in [0.717, 1.165) is 5.56 Å². The van der Waals surface area contributed by atoms with Crippen LogP contribution in [0.3, 0.4) is 0 Å². The first-order valence-electron chi connectivity index (χ1n) is 9.23. The largest absolute Gasteiger partial charge is 0.250 e.